The zero-order valence-electron chi connectivity index (χ0n) is 17.5. The molecule has 0 bridgehead atoms. The van der Waals surface area contributed by atoms with Gasteiger partial charge in [-0.2, -0.15) is 0 Å². The van der Waals surface area contributed by atoms with Crippen molar-refractivity contribution in [3.63, 3.8) is 0 Å². The van der Waals surface area contributed by atoms with Gasteiger partial charge in [-0.25, -0.2) is 0 Å². The van der Waals surface area contributed by atoms with Gasteiger partial charge in [0.25, 0.3) is 5.91 Å². The molecule has 1 fully saturated rings. The standard InChI is InChI=1S/C24H29N3O3/c1-29-17-16-26-11-10-21-22(26)8-5-9-23(21)30-19-24(28)27-14-12-25(13-15-27)18-20-6-3-2-4-7-20/h2-11H,12-19H2,1H3. The topological polar surface area (TPSA) is 46.9 Å². The number of carbonyl (C=O) groups excluding carboxylic acids is 1. The number of methoxy groups -OCH3 is 1. The van der Waals surface area contributed by atoms with Crippen molar-refractivity contribution in [3.05, 3.63) is 66.4 Å². The largest absolute Gasteiger partial charge is 0.483 e. The Hall–Kier alpha value is -2.83. The molecule has 1 aromatic heterocycles. The van der Waals surface area contributed by atoms with E-state index in [1.807, 2.05) is 35.4 Å². The summed E-state index contributed by atoms with van der Waals surface area (Å²) in [6.07, 6.45) is 2.03. The summed E-state index contributed by atoms with van der Waals surface area (Å²) in [6.45, 7) is 5.71. The summed E-state index contributed by atoms with van der Waals surface area (Å²) < 4.78 is 13.2. The van der Waals surface area contributed by atoms with E-state index in [-0.39, 0.29) is 12.5 Å². The lowest BCUT2D eigenvalue weighted by atomic mass is 10.2. The Bertz CT molecular complexity index is 962. The predicted molar refractivity (Wildman–Crippen MR) is 118 cm³/mol. The van der Waals surface area contributed by atoms with E-state index in [0.717, 1.165) is 55.9 Å². The van der Waals surface area contributed by atoms with E-state index in [0.29, 0.717) is 6.61 Å². The molecule has 3 aromatic rings. The van der Waals surface area contributed by atoms with E-state index < -0.39 is 0 Å². The molecule has 6 heteroatoms. The molecule has 0 spiro atoms. The number of hydrogen-bond acceptors (Lipinski definition) is 4. The molecular formula is C24H29N3O3. The lowest BCUT2D eigenvalue weighted by molar-refractivity contribution is -0.135. The normalized spacial score (nSPS) is 14.9. The van der Waals surface area contributed by atoms with Crippen molar-refractivity contribution in [3.8, 4) is 5.75 Å². The molecule has 0 atom stereocenters. The molecule has 4 rings (SSSR count). The zero-order chi connectivity index (χ0) is 20.8. The second-order valence-corrected chi connectivity index (χ2v) is 7.62. The van der Waals surface area contributed by atoms with Gasteiger partial charge in [0.15, 0.2) is 6.61 Å². The molecule has 6 nitrogen and oxygen atoms in total. The molecule has 0 radical (unpaired) electrons. The van der Waals surface area contributed by atoms with Crippen LogP contribution in [0.3, 0.4) is 0 Å². The number of nitrogens with zero attached hydrogens (tertiary/aromatic N) is 3. The Morgan fingerprint density at radius 2 is 1.77 bits per heavy atom. The minimum Gasteiger partial charge on any atom is -0.483 e. The fourth-order valence-electron chi connectivity index (χ4n) is 3.93. The first-order chi connectivity index (χ1) is 14.7. The van der Waals surface area contributed by atoms with Crippen LogP contribution in [0, 0.1) is 0 Å². The number of fused-ring (bicyclic) bond motifs is 1. The third-order valence-electron chi connectivity index (χ3n) is 5.64. The van der Waals surface area contributed by atoms with Gasteiger partial charge in [0, 0.05) is 58.0 Å². The van der Waals surface area contributed by atoms with Crippen LogP contribution in [0.15, 0.2) is 60.8 Å². The molecule has 1 aliphatic rings. The maximum absolute atomic E-state index is 12.7. The number of amides is 1. The highest BCUT2D eigenvalue weighted by molar-refractivity contribution is 5.87. The highest BCUT2D eigenvalue weighted by Gasteiger charge is 2.21. The maximum Gasteiger partial charge on any atom is 0.260 e. The number of aromatic nitrogens is 1. The Balaban J connectivity index is 1.29. The van der Waals surface area contributed by atoms with E-state index >= 15 is 0 Å². The highest BCUT2D eigenvalue weighted by atomic mass is 16.5. The van der Waals surface area contributed by atoms with Crippen LogP contribution in [0.1, 0.15) is 5.56 Å². The number of ether oxygens (including phenoxy) is 2. The second kappa shape index (κ2) is 9.78. The van der Waals surface area contributed by atoms with Crippen molar-refractivity contribution in [1.82, 2.24) is 14.4 Å². The van der Waals surface area contributed by atoms with Gasteiger partial charge in [-0.15, -0.1) is 0 Å². The van der Waals surface area contributed by atoms with E-state index in [1.54, 1.807) is 7.11 Å². The molecule has 158 valence electrons. The smallest absolute Gasteiger partial charge is 0.260 e. The van der Waals surface area contributed by atoms with Crippen LogP contribution in [0.25, 0.3) is 10.9 Å². The first-order valence-electron chi connectivity index (χ1n) is 10.5. The fourth-order valence-corrected chi connectivity index (χ4v) is 3.93. The summed E-state index contributed by atoms with van der Waals surface area (Å²) in [5.74, 6) is 0.796. The lowest BCUT2D eigenvalue weighted by Gasteiger charge is -2.34. The van der Waals surface area contributed by atoms with Crippen molar-refractivity contribution in [2.45, 2.75) is 13.1 Å². The molecule has 0 saturated carbocycles. The Morgan fingerprint density at radius 1 is 0.967 bits per heavy atom. The van der Waals surface area contributed by atoms with Crippen LogP contribution >= 0.6 is 0 Å². The first kappa shape index (κ1) is 20.4. The number of carbonyl (C=O) groups is 1. The van der Waals surface area contributed by atoms with Crippen LogP contribution in [0.5, 0.6) is 5.75 Å². The second-order valence-electron chi connectivity index (χ2n) is 7.62. The van der Waals surface area contributed by atoms with Crippen molar-refractivity contribution in [2.24, 2.45) is 0 Å². The maximum atomic E-state index is 12.7. The molecule has 1 aliphatic heterocycles. The van der Waals surface area contributed by atoms with Gasteiger partial charge in [0.1, 0.15) is 5.75 Å². The minimum atomic E-state index is 0.0465. The Morgan fingerprint density at radius 3 is 2.53 bits per heavy atom. The molecule has 2 aromatic carbocycles. The van der Waals surface area contributed by atoms with Crippen molar-refractivity contribution >= 4 is 16.8 Å². The lowest BCUT2D eigenvalue weighted by Crippen LogP contribution is -2.49. The van der Waals surface area contributed by atoms with Crippen LogP contribution in [-0.2, 0) is 22.6 Å². The predicted octanol–water partition coefficient (Wildman–Crippen LogP) is 3.01. The zero-order valence-corrected chi connectivity index (χ0v) is 17.5. The molecule has 2 heterocycles. The summed E-state index contributed by atoms with van der Waals surface area (Å²) in [6, 6.07) is 18.5. The summed E-state index contributed by atoms with van der Waals surface area (Å²) >= 11 is 0. The molecule has 0 aliphatic carbocycles. The van der Waals surface area contributed by atoms with Gasteiger partial charge in [0.05, 0.1) is 12.1 Å². The molecule has 0 N–H and O–H groups in total. The number of piperazine rings is 1. The third-order valence-corrected chi connectivity index (χ3v) is 5.64. The highest BCUT2D eigenvalue weighted by Crippen LogP contribution is 2.26. The van der Waals surface area contributed by atoms with Gasteiger partial charge in [0.2, 0.25) is 0 Å². The average Bonchev–Trinajstić information content (AvgIpc) is 3.21. The minimum absolute atomic E-state index is 0.0465. The van der Waals surface area contributed by atoms with Crippen LogP contribution < -0.4 is 4.74 Å². The fraction of sp³-hybridized carbons (Fsp3) is 0.375. The summed E-state index contributed by atoms with van der Waals surface area (Å²) in [5.41, 5.74) is 2.40. The molecule has 1 saturated heterocycles. The van der Waals surface area contributed by atoms with E-state index in [1.165, 1.54) is 5.56 Å². The molecule has 0 unspecified atom stereocenters. The Kier molecular flexibility index (Phi) is 6.67. The van der Waals surface area contributed by atoms with Gasteiger partial charge in [-0.3, -0.25) is 9.69 Å². The monoisotopic (exact) mass is 407 g/mol. The van der Waals surface area contributed by atoms with Gasteiger partial charge in [-0.05, 0) is 23.8 Å². The molecular weight excluding hydrogens is 378 g/mol. The molecule has 30 heavy (non-hydrogen) atoms. The average molecular weight is 408 g/mol. The van der Waals surface area contributed by atoms with Crippen molar-refractivity contribution in [2.75, 3.05) is 46.5 Å². The van der Waals surface area contributed by atoms with Crippen LogP contribution in [-0.4, -0.2) is 66.8 Å². The summed E-state index contributed by atoms with van der Waals surface area (Å²) in [7, 11) is 1.70. The van der Waals surface area contributed by atoms with E-state index in [2.05, 4.69) is 39.8 Å². The van der Waals surface area contributed by atoms with Crippen LogP contribution in [0.4, 0.5) is 0 Å². The van der Waals surface area contributed by atoms with Crippen molar-refractivity contribution in [1.29, 1.82) is 0 Å². The number of rotatable bonds is 8. The molecule has 1 amide bonds. The third kappa shape index (κ3) is 4.83. The Labute approximate surface area is 177 Å². The van der Waals surface area contributed by atoms with Crippen molar-refractivity contribution < 1.29 is 14.3 Å². The number of benzene rings is 2. The van der Waals surface area contributed by atoms with Gasteiger partial charge < -0.3 is 18.9 Å². The van der Waals surface area contributed by atoms with E-state index in [9.17, 15) is 4.79 Å². The van der Waals surface area contributed by atoms with Crippen LogP contribution in [0.2, 0.25) is 0 Å². The van der Waals surface area contributed by atoms with E-state index in [4.69, 9.17) is 9.47 Å². The van der Waals surface area contributed by atoms with Gasteiger partial charge in [-0.1, -0.05) is 36.4 Å². The summed E-state index contributed by atoms with van der Waals surface area (Å²) in [5, 5.41) is 1.02. The SMILES string of the molecule is COCCn1ccc2c(OCC(=O)N3CCN(Cc4ccccc4)CC3)cccc21. The summed E-state index contributed by atoms with van der Waals surface area (Å²) in [4.78, 5) is 17.0. The quantitative estimate of drug-likeness (QED) is 0.576. The van der Waals surface area contributed by atoms with Gasteiger partial charge >= 0.3 is 0 Å². The number of hydrogen-bond donors (Lipinski definition) is 0. The first-order valence-corrected chi connectivity index (χ1v) is 10.5.